The number of hydrogen-bond acceptors (Lipinski definition) is 3. The summed E-state index contributed by atoms with van der Waals surface area (Å²) in [5, 5.41) is 3.21. The van der Waals surface area contributed by atoms with E-state index in [1.54, 1.807) is 12.0 Å². The summed E-state index contributed by atoms with van der Waals surface area (Å²) in [6, 6.07) is 7.90. The second-order valence-corrected chi connectivity index (χ2v) is 5.79. The number of benzene rings is 1. The van der Waals surface area contributed by atoms with Gasteiger partial charge in [-0.2, -0.15) is 0 Å². The molecule has 2 unspecified atom stereocenters. The number of likely N-dealkylation sites (N-methyl/N-ethyl adjacent to an activating group) is 1. The molecule has 5 heteroatoms. The van der Waals surface area contributed by atoms with E-state index in [2.05, 4.69) is 21.2 Å². The summed E-state index contributed by atoms with van der Waals surface area (Å²) in [5.74, 6) is 0.127. The second kappa shape index (κ2) is 6.50. The van der Waals surface area contributed by atoms with Crippen molar-refractivity contribution in [3.05, 3.63) is 34.3 Å². The number of rotatable bonds is 4. The summed E-state index contributed by atoms with van der Waals surface area (Å²) in [6.45, 7) is 1.38. The van der Waals surface area contributed by atoms with Crippen LogP contribution < -0.4 is 5.32 Å². The summed E-state index contributed by atoms with van der Waals surface area (Å²) in [4.78, 5) is 14.0. The van der Waals surface area contributed by atoms with Crippen molar-refractivity contribution in [3.8, 4) is 0 Å². The summed E-state index contributed by atoms with van der Waals surface area (Å²) in [6.07, 6.45) is 0.898. The van der Waals surface area contributed by atoms with E-state index >= 15 is 0 Å². The van der Waals surface area contributed by atoms with Gasteiger partial charge in [0.1, 0.15) is 0 Å². The highest BCUT2D eigenvalue weighted by Crippen LogP contribution is 2.15. The molecular formula is C14H19BrN2O2. The van der Waals surface area contributed by atoms with Gasteiger partial charge in [-0.15, -0.1) is 0 Å². The van der Waals surface area contributed by atoms with Crippen LogP contribution in [0.15, 0.2) is 28.7 Å². The standard InChI is InChI=1S/C14H19BrN2O2/c1-17(9-10-3-5-11(15)6-4-10)14(18)13-7-12(19-2)8-16-13/h3-6,12-13,16H,7-9H2,1-2H3. The molecule has 0 aromatic heterocycles. The van der Waals surface area contributed by atoms with Crippen molar-refractivity contribution in [2.24, 2.45) is 0 Å². The summed E-state index contributed by atoms with van der Waals surface area (Å²) in [7, 11) is 3.52. The number of halogens is 1. The summed E-state index contributed by atoms with van der Waals surface area (Å²) >= 11 is 3.40. The topological polar surface area (TPSA) is 41.6 Å². The van der Waals surface area contributed by atoms with Crippen LogP contribution in [0.1, 0.15) is 12.0 Å². The molecule has 0 radical (unpaired) electrons. The van der Waals surface area contributed by atoms with Crippen molar-refractivity contribution < 1.29 is 9.53 Å². The Hall–Kier alpha value is -0.910. The van der Waals surface area contributed by atoms with Gasteiger partial charge in [-0.25, -0.2) is 0 Å². The normalized spacial score (nSPS) is 22.5. The van der Waals surface area contributed by atoms with Crippen LogP contribution in [0.4, 0.5) is 0 Å². The van der Waals surface area contributed by atoms with Crippen LogP contribution in [0.5, 0.6) is 0 Å². The molecule has 19 heavy (non-hydrogen) atoms. The SMILES string of the molecule is COC1CNC(C(=O)N(C)Cc2ccc(Br)cc2)C1. The zero-order valence-electron chi connectivity index (χ0n) is 11.2. The maximum Gasteiger partial charge on any atom is 0.239 e. The molecule has 1 N–H and O–H groups in total. The largest absolute Gasteiger partial charge is 0.380 e. The molecule has 1 saturated heterocycles. The molecule has 0 bridgehead atoms. The Morgan fingerprint density at radius 1 is 1.47 bits per heavy atom. The molecular weight excluding hydrogens is 308 g/mol. The van der Waals surface area contributed by atoms with E-state index in [1.165, 1.54) is 0 Å². The number of hydrogen-bond donors (Lipinski definition) is 1. The van der Waals surface area contributed by atoms with E-state index in [0.717, 1.165) is 23.0 Å². The predicted molar refractivity (Wildman–Crippen MR) is 77.8 cm³/mol. The van der Waals surface area contributed by atoms with Crippen LogP contribution in [-0.4, -0.2) is 43.7 Å². The van der Waals surface area contributed by atoms with Gasteiger partial charge in [-0.05, 0) is 24.1 Å². The lowest BCUT2D eigenvalue weighted by Gasteiger charge is -2.21. The summed E-state index contributed by atoms with van der Waals surface area (Å²) in [5.41, 5.74) is 1.13. The molecule has 0 spiro atoms. The van der Waals surface area contributed by atoms with Crippen molar-refractivity contribution in [1.82, 2.24) is 10.2 Å². The second-order valence-electron chi connectivity index (χ2n) is 4.88. The van der Waals surface area contributed by atoms with Gasteiger partial charge in [0.15, 0.2) is 0 Å². The van der Waals surface area contributed by atoms with Gasteiger partial charge >= 0.3 is 0 Å². The van der Waals surface area contributed by atoms with Gasteiger partial charge < -0.3 is 15.0 Å². The monoisotopic (exact) mass is 326 g/mol. The van der Waals surface area contributed by atoms with Crippen molar-refractivity contribution in [1.29, 1.82) is 0 Å². The number of carbonyl (C=O) groups excluding carboxylic acids is 1. The maximum absolute atomic E-state index is 12.3. The van der Waals surface area contributed by atoms with Gasteiger partial charge in [-0.1, -0.05) is 28.1 Å². The van der Waals surface area contributed by atoms with E-state index in [1.807, 2.05) is 31.3 Å². The minimum Gasteiger partial charge on any atom is -0.380 e. The van der Waals surface area contributed by atoms with Crippen LogP contribution >= 0.6 is 15.9 Å². The van der Waals surface area contributed by atoms with Crippen LogP contribution in [0.2, 0.25) is 0 Å². The molecule has 1 aliphatic heterocycles. The third-order valence-corrected chi connectivity index (χ3v) is 3.96. The molecule has 1 heterocycles. The average molecular weight is 327 g/mol. The third-order valence-electron chi connectivity index (χ3n) is 3.43. The molecule has 104 valence electrons. The van der Waals surface area contributed by atoms with Crippen LogP contribution in [0.3, 0.4) is 0 Å². The van der Waals surface area contributed by atoms with Gasteiger partial charge in [0.05, 0.1) is 12.1 Å². The average Bonchev–Trinajstić information content (AvgIpc) is 2.89. The Balaban J connectivity index is 1.91. The molecule has 1 aromatic carbocycles. The first-order chi connectivity index (χ1) is 9.10. The van der Waals surface area contributed by atoms with Crippen molar-refractivity contribution in [2.45, 2.75) is 25.1 Å². The van der Waals surface area contributed by atoms with E-state index in [0.29, 0.717) is 6.54 Å². The number of carbonyl (C=O) groups is 1. The molecule has 4 nitrogen and oxygen atoms in total. The Labute approximate surface area is 122 Å². The zero-order valence-corrected chi connectivity index (χ0v) is 12.8. The first-order valence-electron chi connectivity index (χ1n) is 6.35. The quantitative estimate of drug-likeness (QED) is 0.917. The lowest BCUT2D eigenvalue weighted by Crippen LogP contribution is -2.41. The van der Waals surface area contributed by atoms with Crippen LogP contribution in [0, 0.1) is 0 Å². The first-order valence-corrected chi connectivity index (χ1v) is 7.15. The molecule has 1 aromatic rings. The van der Waals surface area contributed by atoms with Crippen molar-refractivity contribution in [3.63, 3.8) is 0 Å². The Morgan fingerprint density at radius 2 is 2.16 bits per heavy atom. The fourth-order valence-corrected chi connectivity index (χ4v) is 2.54. The highest BCUT2D eigenvalue weighted by molar-refractivity contribution is 9.10. The van der Waals surface area contributed by atoms with Crippen LogP contribution in [0.25, 0.3) is 0 Å². The third kappa shape index (κ3) is 3.78. The van der Waals surface area contributed by atoms with E-state index < -0.39 is 0 Å². The highest BCUT2D eigenvalue weighted by atomic mass is 79.9. The Morgan fingerprint density at radius 3 is 2.74 bits per heavy atom. The lowest BCUT2D eigenvalue weighted by atomic mass is 10.1. The molecule has 1 fully saturated rings. The molecule has 1 aliphatic rings. The Bertz CT molecular complexity index is 436. The number of amides is 1. The summed E-state index contributed by atoms with van der Waals surface area (Å²) < 4.78 is 6.31. The molecule has 2 atom stereocenters. The number of nitrogens with one attached hydrogen (secondary N) is 1. The maximum atomic E-state index is 12.3. The van der Waals surface area contributed by atoms with Gasteiger partial charge in [0.25, 0.3) is 0 Å². The number of nitrogens with zero attached hydrogens (tertiary/aromatic N) is 1. The first kappa shape index (κ1) is 14.5. The van der Waals surface area contributed by atoms with E-state index in [4.69, 9.17) is 4.74 Å². The Kier molecular flexibility index (Phi) is 4.96. The molecule has 1 amide bonds. The van der Waals surface area contributed by atoms with Crippen molar-refractivity contribution in [2.75, 3.05) is 20.7 Å². The number of ether oxygens (including phenoxy) is 1. The fraction of sp³-hybridized carbons (Fsp3) is 0.500. The number of methoxy groups -OCH3 is 1. The van der Waals surface area contributed by atoms with Gasteiger partial charge in [0.2, 0.25) is 5.91 Å². The van der Waals surface area contributed by atoms with E-state index in [9.17, 15) is 4.79 Å². The van der Waals surface area contributed by atoms with Crippen molar-refractivity contribution >= 4 is 21.8 Å². The van der Waals surface area contributed by atoms with Gasteiger partial charge in [0, 0.05) is 31.7 Å². The highest BCUT2D eigenvalue weighted by Gasteiger charge is 2.31. The van der Waals surface area contributed by atoms with Gasteiger partial charge in [-0.3, -0.25) is 4.79 Å². The molecule has 0 aliphatic carbocycles. The zero-order chi connectivity index (χ0) is 13.8. The van der Waals surface area contributed by atoms with E-state index in [-0.39, 0.29) is 18.1 Å². The smallest absolute Gasteiger partial charge is 0.239 e. The minimum absolute atomic E-state index is 0.120. The fourth-order valence-electron chi connectivity index (χ4n) is 2.28. The lowest BCUT2D eigenvalue weighted by molar-refractivity contribution is -0.132. The molecule has 0 saturated carbocycles. The molecule has 2 rings (SSSR count). The minimum atomic E-state index is -0.120. The van der Waals surface area contributed by atoms with Crippen LogP contribution in [-0.2, 0) is 16.1 Å². The predicted octanol–water partition coefficient (Wildman–Crippen LogP) is 1.78.